The number of hydrogen-bond donors (Lipinski definition) is 0. The second kappa shape index (κ2) is 4.88. The smallest absolute Gasteiger partial charge is 0.219 e. The molecule has 11 heavy (non-hydrogen) atoms. The summed E-state index contributed by atoms with van der Waals surface area (Å²) >= 11 is 0. The van der Waals surface area contributed by atoms with Crippen LogP contribution in [-0.4, -0.2) is 30.2 Å². The summed E-state index contributed by atoms with van der Waals surface area (Å²) in [5, 5.41) is 0. The molecule has 0 saturated carbocycles. The van der Waals surface area contributed by atoms with E-state index in [2.05, 4.69) is 0 Å². The van der Waals surface area contributed by atoms with Crippen LogP contribution in [0.1, 0.15) is 26.7 Å². The van der Waals surface area contributed by atoms with E-state index < -0.39 is 0 Å². The lowest BCUT2D eigenvalue weighted by Crippen LogP contribution is -2.36. The number of hydrogen-bond acceptors (Lipinski definition) is 2. The zero-order valence-electron chi connectivity index (χ0n) is 7.33. The van der Waals surface area contributed by atoms with Gasteiger partial charge in [0.2, 0.25) is 5.91 Å². The fraction of sp³-hybridized carbons (Fsp3) is 0.750. The minimum atomic E-state index is -0.238. The topological polar surface area (TPSA) is 37.4 Å². The van der Waals surface area contributed by atoms with E-state index in [9.17, 15) is 9.59 Å². The first kappa shape index (κ1) is 10.1. The Kier molecular flexibility index (Phi) is 4.50. The van der Waals surface area contributed by atoms with Crippen molar-refractivity contribution in [2.75, 3.05) is 7.05 Å². The van der Waals surface area contributed by atoms with E-state index in [1.54, 1.807) is 7.05 Å². The van der Waals surface area contributed by atoms with Crippen LogP contribution in [0.5, 0.6) is 0 Å². The monoisotopic (exact) mass is 157 g/mol. The Bertz CT molecular complexity index is 145. The SMILES string of the molecule is CCCC(C=O)N(C)C(C)=O. The van der Waals surface area contributed by atoms with Crippen molar-refractivity contribution in [2.45, 2.75) is 32.7 Å². The molecule has 0 aliphatic heterocycles. The van der Waals surface area contributed by atoms with E-state index >= 15 is 0 Å². The van der Waals surface area contributed by atoms with E-state index in [-0.39, 0.29) is 11.9 Å². The Morgan fingerprint density at radius 1 is 1.64 bits per heavy atom. The lowest BCUT2D eigenvalue weighted by atomic mass is 10.1. The molecule has 1 amide bonds. The quantitative estimate of drug-likeness (QED) is 0.567. The standard InChI is InChI=1S/C8H15NO2/c1-4-5-8(6-10)9(3)7(2)11/h6,8H,4-5H2,1-3H3. The molecule has 0 rings (SSSR count). The van der Waals surface area contributed by atoms with Gasteiger partial charge >= 0.3 is 0 Å². The van der Waals surface area contributed by atoms with Gasteiger partial charge in [-0.2, -0.15) is 0 Å². The molecule has 0 N–H and O–H groups in total. The number of amides is 1. The molecule has 0 spiro atoms. The Hall–Kier alpha value is -0.860. The molecule has 0 heterocycles. The summed E-state index contributed by atoms with van der Waals surface area (Å²) in [5.74, 6) is -0.0597. The van der Waals surface area contributed by atoms with Gasteiger partial charge in [0.1, 0.15) is 6.29 Å². The largest absolute Gasteiger partial charge is 0.336 e. The van der Waals surface area contributed by atoms with Crippen LogP contribution in [-0.2, 0) is 9.59 Å². The summed E-state index contributed by atoms with van der Waals surface area (Å²) in [6, 6.07) is -0.238. The number of rotatable bonds is 4. The molecule has 0 aliphatic rings. The van der Waals surface area contributed by atoms with Crippen molar-refractivity contribution < 1.29 is 9.59 Å². The number of likely N-dealkylation sites (N-methyl/N-ethyl adjacent to an activating group) is 1. The zero-order chi connectivity index (χ0) is 8.85. The molecule has 1 atom stereocenters. The summed E-state index contributed by atoms with van der Waals surface area (Å²) in [5.41, 5.74) is 0. The van der Waals surface area contributed by atoms with Gasteiger partial charge in [-0.1, -0.05) is 13.3 Å². The van der Waals surface area contributed by atoms with Gasteiger partial charge in [0, 0.05) is 14.0 Å². The molecule has 0 fully saturated rings. The molecule has 0 radical (unpaired) electrons. The predicted molar refractivity (Wildman–Crippen MR) is 43.2 cm³/mol. The normalized spacial score (nSPS) is 12.3. The molecular formula is C8H15NO2. The fourth-order valence-corrected chi connectivity index (χ4v) is 0.882. The van der Waals surface area contributed by atoms with Crippen molar-refractivity contribution in [3.8, 4) is 0 Å². The minimum absolute atomic E-state index is 0.0597. The van der Waals surface area contributed by atoms with Crippen molar-refractivity contribution >= 4 is 12.2 Å². The van der Waals surface area contributed by atoms with Crippen LogP contribution < -0.4 is 0 Å². The molecule has 0 aromatic rings. The molecule has 1 unspecified atom stereocenters. The molecule has 3 nitrogen and oxygen atoms in total. The maximum atomic E-state index is 10.8. The van der Waals surface area contributed by atoms with E-state index in [1.165, 1.54) is 11.8 Å². The first-order chi connectivity index (χ1) is 5.13. The average molecular weight is 157 g/mol. The molecule has 0 aliphatic carbocycles. The minimum Gasteiger partial charge on any atom is -0.336 e. The van der Waals surface area contributed by atoms with Crippen LogP contribution in [0.3, 0.4) is 0 Å². The molecule has 0 aromatic carbocycles. The van der Waals surface area contributed by atoms with Crippen molar-refractivity contribution in [3.05, 3.63) is 0 Å². The lowest BCUT2D eigenvalue weighted by Gasteiger charge is -2.21. The van der Waals surface area contributed by atoms with Gasteiger partial charge in [-0.05, 0) is 6.42 Å². The second-order valence-electron chi connectivity index (χ2n) is 2.62. The van der Waals surface area contributed by atoms with Gasteiger partial charge < -0.3 is 9.69 Å². The van der Waals surface area contributed by atoms with Gasteiger partial charge in [0.05, 0.1) is 6.04 Å². The van der Waals surface area contributed by atoms with Crippen molar-refractivity contribution in [3.63, 3.8) is 0 Å². The lowest BCUT2D eigenvalue weighted by molar-refractivity contribution is -0.132. The van der Waals surface area contributed by atoms with E-state index in [0.29, 0.717) is 0 Å². The molecule has 64 valence electrons. The Morgan fingerprint density at radius 2 is 2.18 bits per heavy atom. The number of carbonyl (C=O) groups is 2. The Labute approximate surface area is 67.4 Å². The van der Waals surface area contributed by atoms with E-state index in [0.717, 1.165) is 19.1 Å². The summed E-state index contributed by atoms with van der Waals surface area (Å²) in [7, 11) is 1.65. The predicted octanol–water partition coefficient (Wildman–Crippen LogP) is 0.832. The van der Waals surface area contributed by atoms with Gasteiger partial charge in [0.25, 0.3) is 0 Å². The van der Waals surface area contributed by atoms with Crippen molar-refractivity contribution in [2.24, 2.45) is 0 Å². The highest BCUT2D eigenvalue weighted by atomic mass is 16.2. The highest BCUT2D eigenvalue weighted by Gasteiger charge is 2.13. The third-order valence-electron chi connectivity index (χ3n) is 1.74. The van der Waals surface area contributed by atoms with Crippen LogP contribution in [0, 0.1) is 0 Å². The van der Waals surface area contributed by atoms with Crippen LogP contribution in [0.25, 0.3) is 0 Å². The van der Waals surface area contributed by atoms with Gasteiger partial charge in [-0.15, -0.1) is 0 Å². The summed E-state index contributed by atoms with van der Waals surface area (Å²) < 4.78 is 0. The average Bonchev–Trinajstić information content (AvgIpc) is 1.98. The van der Waals surface area contributed by atoms with Crippen LogP contribution in [0.4, 0.5) is 0 Å². The number of aldehydes is 1. The summed E-state index contributed by atoms with van der Waals surface area (Å²) in [4.78, 5) is 22.7. The number of carbonyl (C=O) groups excluding carboxylic acids is 2. The maximum Gasteiger partial charge on any atom is 0.219 e. The Balaban J connectivity index is 4.01. The van der Waals surface area contributed by atoms with Crippen LogP contribution >= 0.6 is 0 Å². The third kappa shape index (κ3) is 3.16. The van der Waals surface area contributed by atoms with Crippen LogP contribution in [0.2, 0.25) is 0 Å². The first-order valence-corrected chi connectivity index (χ1v) is 3.82. The highest BCUT2D eigenvalue weighted by Crippen LogP contribution is 2.01. The molecule has 0 bridgehead atoms. The molecule has 3 heteroatoms. The van der Waals surface area contributed by atoms with Gasteiger partial charge in [-0.25, -0.2) is 0 Å². The zero-order valence-corrected chi connectivity index (χ0v) is 7.33. The maximum absolute atomic E-state index is 10.8. The fourth-order valence-electron chi connectivity index (χ4n) is 0.882. The molecule has 0 aromatic heterocycles. The van der Waals surface area contributed by atoms with Crippen molar-refractivity contribution in [1.29, 1.82) is 0 Å². The summed E-state index contributed by atoms with van der Waals surface area (Å²) in [6.45, 7) is 3.45. The first-order valence-electron chi connectivity index (χ1n) is 3.82. The van der Waals surface area contributed by atoms with E-state index in [4.69, 9.17) is 0 Å². The van der Waals surface area contributed by atoms with E-state index in [1.807, 2.05) is 6.92 Å². The third-order valence-corrected chi connectivity index (χ3v) is 1.74. The van der Waals surface area contributed by atoms with Crippen LogP contribution in [0.15, 0.2) is 0 Å². The van der Waals surface area contributed by atoms with Gasteiger partial charge in [-0.3, -0.25) is 4.79 Å². The summed E-state index contributed by atoms with van der Waals surface area (Å²) in [6.07, 6.45) is 2.49. The van der Waals surface area contributed by atoms with Gasteiger partial charge in [0.15, 0.2) is 0 Å². The molecule has 0 saturated heterocycles. The number of nitrogens with zero attached hydrogens (tertiary/aromatic N) is 1. The molecular weight excluding hydrogens is 142 g/mol. The van der Waals surface area contributed by atoms with Crippen molar-refractivity contribution in [1.82, 2.24) is 4.90 Å². The Morgan fingerprint density at radius 3 is 2.45 bits per heavy atom. The second-order valence-corrected chi connectivity index (χ2v) is 2.62. The highest BCUT2D eigenvalue weighted by molar-refractivity contribution is 5.77.